The first-order valence-electron chi connectivity index (χ1n) is 11.7. The normalized spacial score (nSPS) is 20.2. The van der Waals surface area contributed by atoms with Gasteiger partial charge in [0.15, 0.2) is 5.11 Å². The van der Waals surface area contributed by atoms with Gasteiger partial charge in [-0.3, -0.25) is 0 Å². The zero-order valence-corrected chi connectivity index (χ0v) is 20.7. The molecular weight excluding hydrogens is 452 g/mol. The number of hydrogen-bond donors (Lipinski definition) is 3. The molecule has 1 saturated carbocycles. The average molecular weight is 483 g/mol. The quantitative estimate of drug-likeness (QED) is 0.464. The van der Waals surface area contributed by atoms with Gasteiger partial charge in [0.2, 0.25) is 5.95 Å². The summed E-state index contributed by atoms with van der Waals surface area (Å²) in [6, 6.07) is 6.69. The summed E-state index contributed by atoms with van der Waals surface area (Å²) in [5, 5.41) is 11.0. The molecule has 2 heterocycles. The van der Waals surface area contributed by atoms with E-state index in [2.05, 4.69) is 43.7 Å². The SMILES string of the molecule is CN(C)c1nc(N[C@H]2CC[C@@H](NC(=S)Nc3ccc4nsnc4c3)CC2)nc2c1CCCC2. The van der Waals surface area contributed by atoms with E-state index in [4.69, 9.17) is 22.2 Å². The third-order valence-electron chi connectivity index (χ3n) is 6.49. The summed E-state index contributed by atoms with van der Waals surface area (Å²) in [6.45, 7) is 0. The van der Waals surface area contributed by atoms with Crippen LogP contribution in [-0.4, -0.2) is 50.0 Å². The molecule has 0 spiro atoms. The smallest absolute Gasteiger partial charge is 0.225 e. The van der Waals surface area contributed by atoms with Crippen LogP contribution in [0.15, 0.2) is 18.2 Å². The number of nitrogens with zero attached hydrogens (tertiary/aromatic N) is 5. The van der Waals surface area contributed by atoms with Crippen LogP contribution in [0.25, 0.3) is 11.0 Å². The van der Waals surface area contributed by atoms with Crippen molar-refractivity contribution < 1.29 is 0 Å². The van der Waals surface area contributed by atoms with Crippen molar-refractivity contribution in [3.63, 3.8) is 0 Å². The fourth-order valence-electron chi connectivity index (χ4n) is 4.79. The molecule has 174 valence electrons. The molecule has 0 unspecified atom stereocenters. The molecule has 33 heavy (non-hydrogen) atoms. The van der Waals surface area contributed by atoms with Gasteiger partial charge in [-0.15, -0.1) is 0 Å². The zero-order valence-electron chi connectivity index (χ0n) is 19.1. The van der Waals surface area contributed by atoms with Crippen molar-refractivity contribution in [2.75, 3.05) is 29.6 Å². The molecule has 3 aromatic rings. The number of fused-ring (bicyclic) bond motifs is 2. The summed E-state index contributed by atoms with van der Waals surface area (Å²) in [5.74, 6) is 1.85. The van der Waals surface area contributed by atoms with Crippen LogP contribution >= 0.6 is 23.9 Å². The Morgan fingerprint density at radius 1 is 1.00 bits per heavy atom. The van der Waals surface area contributed by atoms with Crippen LogP contribution in [0.4, 0.5) is 17.5 Å². The Hall–Kier alpha value is -2.59. The summed E-state index contributed by atoms with van der Waals surface area (Å²) >= 11 is 6.78. The molecule has 8 nitrogen and oxygen atoms in total. The van der Waals surface area contributed by atoms with Crippen LogP contribution in [0.1, 0.15) is 49.8 Å². The van der Waals surface area contributed by atoms with Crippen LogP contribution in [0.3, 0.4) is 0 Å². The van der Waals surface area contributed by atoms with Crippen molar-refractivity contribution >= 4 is 57.5 Å². The van der Waals surface area contributed by atoms with E-state index in [9.17, 15) is 0 Å². The molecule has 0 amide bonds. The van der Waals surface area contributed by atoms with Crippen molar-refractivity contribution in [2.45, 2.75) is 63.5 Å². The summed E-state index contributed by atoms with van der Waals surface area (Å²) in [4.78, 5) is 11.9. The van der Waals surface area contributed by atoms with Crippen molar-refractivity contribution in [2.24, 2.45) is 0 Å². The standard InChI is InChI=1S/C23H30N8S2/c1-31(2)21-17-5-3-4-6-18(17)27-22(28-21)24-14-7-9-15(10-8-14)25-23(32)26-16-11-12-19-20(13-16)30-33-29-19/h11-15H,3-10H2,1-2H3,(H,24,27,28)(H2,25,26,32)/t14-,15+. The number of aryl methyl sites for hydroxylation is 1. The molecule has 0 aliphatic heterocycles. The third kappa shape index (κ3) is 5.16. The molecule has 0 radical (unpaired) electrons. The van der Waals surface area contributed by atoms with E-state index in [1.165, 1.54) is 35.8 Å². The molecule has 3 N–H and O–H groups in total. The van der Waals surface area contributed by atoms with Crippen molar-refractivity contribution in [3.05, 3.63) is 29.5 Å². The Balaban J connectivity index is 1.14. The highest BCUT2D eigenvalue weighted by Gasteiger charge is 2.24. The maximum Gasteiger partial charge on any atom is 0.225 e. The van der Waals surface area contributed by atoms with Crippen LogP contribution in [-0.2, 0) is 12.8 Å². The minimum Gasteiger partial charge on any atom is -0.362 e. The largest absolute Gasteiger partial charge is 0.362 e. The Morgan fingerprint density at radius 3 is 2.58 bits per heavy atom. The van der Waals surface area contributed by atoms with Crippen LogP contribution in [0, 0.1) is 0 Å². The number of anilines is 3. The number of aromatic nitrogens is 4. The Kier molecular flexibility index (Phi) is 6.55. The number of rotatable bonds is 5. The van der Waals surface area contributed by atoms with Crippen molar-refractivity contribution in [3.8, 4) is 0 Å². The average Bonchev–Trinajstić information content (AvgIpc) is 3.27. The number of thiocarbonyl (C=S) groups is 1. The molecule has 10 heteroatoms. The number of hydrogen-bond acceptors (Lipinski definition) is 8. The van der Waals surface area contributed by atoms with Gasteiger partial charge in [0.05, 0.1) is 17.4 Å². The highest BCUT2D eigenvalue weighted by Crippen LogP contribution is 2.29. The Labute approximate surface area is 203 Å². The maximum absolute atomic E-state index is 5.55. The minimum atomic E-state index is 0.370. The predicted molar refractivity (Wildman–Crippen MR) is 139 cm³/mol. The van der Waals surface area contributed by atoms with Gasteiger partial charge in [-0.2, -0.15) is 13.7 Å². The van der Waals surface area contributed by atoms with Crippen LogP contribution in [0.5, 0.6) is 0 Å². The minimum absolute atomic E-state index is 0.370. The van der Waals surface area contributed by atoms with Gasteiger partial charge in [0.1, 0.15) is 16.9 Å². The van der Waals surface area contributed by atoms with Gasteiger partial charge in [-0.25, -0.2) is 4.98 Å². The molecule has 5 rings (SSSR count). The lowest BCUT2D eigenvalue weighted by Crippen LogP contribution is -2.42. The summed E-state index contributed by atoms with van der Waals surface area (Å²) < 4.78 is 8.53. The monoisotopic (exact) mass is 482 g/mol. The number of nitrogens with one attached hydrogen (secondary N) is 3. The Morgan fingerprint density at radius 2 is 1.76 bits per heavy atom. The molecule has 0 bridgehead atoms. The first-order valence-corrected chi connectivity index (χ1v) is 12.8. The second kappa shape index (κ2) is 9.72. The fraction of sp³-hybridized carbons (Fsp3) is 0.522. The molecule has 0 saturated heterocycles. The molecule has 2 aromatic heterocycles. The van der Waals surface area contributed by atoms with Crippen molar-refractivity contribution in [1.29, 1.82) is 0 Å². The summed E-state index contributed by atoms with van der Waals surface area (Å²) in [5.41, 5.74) is 5.29. The lowest BCUT2D eigenvalue weighted by molar-refractivity contribution is 0.387. The lowest BCUT2D eigenvalue weighted by Gasteiger charge is -2.31. The predicted octanol–water partition coefficient (Wildman–Crippen LogP) is 4.14. The first kappa shape index (κ1) is 22.2. The second-order valence-corrected chi connectivity index (χ2v) is 10.1. The fourth-order valence-corrected chi connectivity index (χ4v) is 5.59. The molecule has 0 atom stereocenters. The number of benzene rings is 1. The van der Waals surface area contributed by atoms with Gasteiger partial charge in [0, 0.05) is 37.4 Å². The first-order chi connectivity index (χ1) is 16.0. The molecular formula is C23H30N8S2. The van der Waals surface area contributed by atoms with Crippen molar-refractivity contribution in [1.82, 2.24) is 24.0 Å². The summed E-state index contributed by atoms with van der Waals surface area (Å²) in [6.07, 6.45) is 8.83. The van der Waals surface area contributed by atoms with E-state index >= 15 is 0 Å². The third-order valence-corrected chi connectivity index (χ3v) is 7.27. The van der Waals surface area contributed by atoms with Gasteiger partial charge >= 0.3 is 0 Å². The Bertz CT molecular complexity index is 1140. The maximum atomic E-state index is 5.55. The van der Waals surface area contributed by atoms with E-state index in [-0.39, 0.29) is 0 Å². The second-order valence-electron chi connectivity index (χ2n) is 9.16. The van der Waals surface area contributed by atoms with Gasteiger partial charge in [0.25, 0.3) is 0 Å². The van der Waals surface area contributed by atoms with Crippen LogP contribution < -0.4 is 20.9 Å². The van der Waals surface area contributed by atoms with E-state index < -0.39 is 0 Å². The molecule has 1 fully saturated rings. The highest BCUT2D eigenvalue weighted by molar-refractivity contribution is 7.80. The van der Waals surface area contributed by atoms with E-state index in [1.807, 2.05) is 18.2 Å². The topological polar surface area (TPSA) is 90.9 Å². The van der Waals surface area contributed by atoms with Gasteiger partial charge in [-0.1, -0.05) is 0 Å². The summed E-state index contributed by atoms with van der Waals surface area (Å²) in [7, 11) is 4.14. The molecule has 1 aromatic carbocycles. The van der Waals surface area contributed by atoms with E-state index in [0.29, 0.717) is 17.2 Å². The zero-order chi connectivity index (χ0) is 22.8. The van der Waals surface area contributed by atoms with Crippen LogP contribution in [0.2, 0.25) is 0 Å². The van der Waals surface area contributed by atoms with E-state index in [1.54, 1.807) is 0 Å². The molecule has 2 aliphatic carbocycles. The lowest BCUT2D eigenvalue weighted by atomic mass is 9.91. The van der Waals surface area contributed by atoms with Gasteiger partial charge < -0.3 is 20.9 Å². The van der Waals surface area contributed by atoms with E-state index in [0.717, 1.165) is 67.0 Å². The van der Waals surface area contributed by atoms with Gasteiger partial charge in [-0.05, 0) is 81.8 Å². The highest BCUT2D eigenvalue weighted by atomic mass is 32.1. The molecule has 2 aliphatic rings.